The first-order chi connectivity index (χ1) is 18.6. The number of aliphatic hydroxyl groups is 1. The maximum Gasteiger partial charge on any atom is 0.115 e. The number of nitrogens with zero attached hydrogens (tertiary/aromatic N) is 2. The molecule has 2 fully saturated rings. The number of benzene rings is 2. The van der Waals surface area contributed by atoms with Crippen LogP contribution in [0.1, 0.15) is 63.0 Å². The number of rotatable bonds is 10. The van der Waals surface area contributed by atoms with E-state index in [1.165, 1.54) is 44.2 Å². The van der Waals surface area contributed by atoms with E-state index < -0.39 is 0 Å². The molecule has 1 saturated heterocycles. The van der Waals surface area contributed by atoms with Crippen LogP contribution in [0.4, 0.5) is 0 Å². The third-order valence-corrected chi connectivity index (χ3v) is 8.00. The van der Waals surface area contributed by atoms with E-state index in [4.69, 9.17) is 0 Å². The molecule has 2 aromatic carbocycles. The Hall–Kier alpha value is -3.08. The van der Waals surface area contributed by atoms with Crippen LogP contribution < -0.4 is 0 Å². The average molecular weight is 513 g/mol. The normalized spacial score (nSPS) is 18.6. The van der Waals surface area contributed by atoms with Gasteiger partial charge in [0, 0.05) is 44.5 Å². The summed E-state index contributed by atoms with van der Waals surface area (Å²) >= 11 is 0. The molecule has 0 amide bonds. The van der Waals surface area contributed by atoms with Gasteiger partial charge >= 0.3 is 0 Å². The van der Waals surface area contributed by atoms with E-state index in [1.807, 2.05) is 18.2 Å². The smallest absolute Gasteiger partial charge is 0.115 e. The van der Waals surface area contributed by atoms with Crippen molar-refractivity contribution in [2.24, 2.45) is 0 Å². The first kappa shape index (κ1) is 27.9. The van der Waals surface area contributed by atoms with E-state index in [-0.39, 0.29) is 12.4 Å². The lowest BCUT2D eigenvalue weighted by molar-refractivity contribution is 0.206. The molecule has 0 unspecified atom stereocenters. The van der Waals surface area contributed by atoms with Crippen molar-refractivity contribution in [2.45, 2.75) is 57.9 Å². The molecule has 0 bridgehead atoms. The molecule has 202 valence electrons. The Balaban J connectivity index is 1.61. The van der Waals surface area contributed by atoms with Gasteiger partial charge in [0.05, 0.1) is 0 Å². The molecule has 2 aliphatic rings. The van der Waals surface area contributed by atoms with Gasteiger partial charge in [-0.25, -0.2) is 0 Å². The fourth-order valence-corrected chi connectivity index (χ4v) is 5.93. The molecule has 0 radical (unpaired) electrons. The predicted molar refractivity (Wildman–Crippen MR) is 160 cm³/mol. The maximum absolute atomic E-state index is 9.96. The molecule has 0 aromatic heterocycles. The maximum atomic E-state index is 9.96. The summed E-state index contributed by atoms with van der Waals surface area (Å²) < 4.78 is 0. The molecule has 1 saturated carbocycles. The van der Waals surface area contributed by atoms with Crippen LogP contribution in [0.5, 0.6) is 5.75 Å². The van der Waals surface area contributed by atoms with Crippen molar-refractivity contribution in [1.29, 1.82) is 0 Å². The van der Waals surface area contributed by atoms with Gasteiger partial charge in [-0.15, -0.1) is 0 Å². The monoisotopic (exact) mass is 512 g/mol. The van der Waals surface area contributed by atoms with Crippen molar-refractivity contribution in [3.8, 4) is 5.75 Å². The molecule has 0 spiro atoms. The third-order valence-electron chi connectivity index (χ3n) is 8.00. The van der Waals surface area contributed by atoms with Gasteiger partial charge in [-0.3, -0.25) is 4.90 Å². The van der Waals surface area contributed by atoms with Gasteiger partial charge in [0.25, 0.3) is 0 Å². The zero-order valence-corrected chi connectivity index (χ0v) is 23.0. The second kappa shape index (κ2) is 14.2. The van der Waals surface area contributed by atoms with Crippen LogP contribution in [-0.2, 0) is 0 Å². The number of allylic oxidation sites excluding steroid dienone is 6. The van der Waals surface area contributed by atoms with Crippen molar-refractivity contribution in [2.75, 3.05) is 32.8 Å². The molecular weight excluding hydrogens is 468 g/mol. The molecule has 1 aliphatic carbocycles. The van der Waals surface area contributed by atoms with E-state index in [0.29, 0.717) is 6.42 Å². The van der Waals surface area contributed by atoms with Crippen molar-refractivity contribution in [3.63, 3.8) is 0 Å². The second-order valence-corrected chi connectivity index (χ2v) is 10.5. The van der Waals surface area contributed by atoms with Crippen LogP contribution in [-0.4, -0.2) is 58.8 Å². The van der Waals surface area contributed by atoms with Gasteiger partial charge < -0.3 is 15.1 Å². The van der Waals surface area contributed by atoms with Gasteiger partial charge in [0.15, 0.2) is 0 Å². The molecule has 38 heavy (non-hydrogen) atoms. The minimum Gasteiger partial charge on any atom is -0.508 e. The summed E-state index contributed by atoms with van der Waals surface area (Å²) in [5.41, 5.74) is 6.67. The topological polar surface area (TPSA) is 46.9 Å². The number of aliphatic hydroxyl groups excluding tert-OH is 1. The summed E-state index contributed by atoms with van der Waals surface area (Å²) in [7, 11) is 0. The van der Waals surface area contributed by atoms with Gasteiger partial charge in [-0.2, -0.15) is 0 Å². The highest BCUT2D eigenvalue weighted by atomic mass is 16.3. The summed E-state index contributed by atoms with van der Waals surface area (Å²) in [4.78, 5) is 5.15. The lowest BCUT2D eigenvalue weighted by atomic mass is 9.86. The fraction of sp³-hybridized carbons (Fsp3) is 0.412. The molecule has 0 atom stereocenters. The summed E-state index contributed by atoms with van der Waals surface area (Å²) in [5, 5.41) is 19.6. The molecule has 1 aliphatic heterocycles. The predicted octanol–water partition coefficient (Wildman–Crippen LogP) is 7.04. The first-order valence-electron chi connectivity index (χ1n) is 14.3. The first-order valence-corrected chi connectivity index (χ1v) is 14.3. The Bertz CT molecular complexity index is 1120. The highest BCUT2D eigenvalue weighted by molar-refractivity contribution is 5.99. The second-order valence-electron chi connectivity index (χ2n) is 10.5. The molecular formula is C34H44N2O2. The fourth-order valence-electron chi connectivity index (χ4n) is 5.93. The van der Waals surface area contributed by atoms with E-state index in [2.05, 4.69) is 65.8 Å². The molecule has 4 heteroatoms. The van der Waals surface area contributed by atoms with E-state index in [1.54, 1.807) is 12.1 Å². The van der Waals surface area contributed by atoms with Crippen molar-refractivity contribution in [3.05, 3.63) is 102 Å². The number of phenolic OH excluding ortho intramolecular Hbond substituents is 1. The molecule has 4 rings (SSSR count). The van der Waals surface area contributed by atoms with Gasteiger partial charge in [-0.05, 0) is 85.1 Å². The number of aromatic hydroxyl groups is 1. The molecule has 2 N–H and O–H groups in total. The minimum atomic E-state index is 0.143. The molecule has 4 nitrogen and oxygen atoms in total. The third kappa shape index (κ3) is 7.27. The van der Waals surface area contributed by atoms with E-state index >= 15 is 0 Å². The van der Waals surface area contributed by atoms with Crippen LogP contribution in [0.3, 0.4) is 0 Å². The zero-order chi connectivity index (χ0) is 26.7. The van der Waals surface area contributed by atoms with E-state index in [9.17, 15) is 10.2 Å². The zero-order valence-electron chi connectivity index (χ0n) is 23.0. The molecule has 2 aromatic rings. The van der Waals surface area contributed by atoms with Gasteiger partial charge in [0.2, 0.25) is 0 Å². The largest absolute Gasteiger partial charge is 0.508 e. The van der Waals surface area contributed by atoms with Crippen LogP contribution in [0, 0.1) is 0 Å². The molecule has 1 heterocycles. The average Bonchev–Trinajstić information content (AvgIpc) is 3.38. The SMILES string of the molecule is C=C(\C=C/C(=C\C)C(=C(/CCCO)c1ccccc1)/c1ccc(O)cc1)N1CCCN(C2CCCC2)CC1. The summed E-state index contributed by atoms with van der Waals surface area (Å²) in [6, 6.07) is 18.6. The highest BCUT2D eigenvalue weighted by Crippen LogP contribution is 2.36. The Kier molecular flexibility index (Phi) is 10.4. The number of hydrogen-bond donors (Lipinski definition) is 2. The lowest BCUT2D eigenvalue weighted by Gasteiger charge is -2.28. The minimum absolute atomic E-state index is 0.143. The summed E-state index contributed by atoms with van der Waals surface area (Å²) in [6.07, 6.45) is 14.6. The van der Waals surface area contributed by atoms with E-state index in [0.717, 1.165) is 60.1 Å². The lowest BCUT2D eigenvalue weighted by Crippen LogP contribution is -2.36. The number of hydrogen-bond acceptors (Lipinski definition) is 4. The summed E-state index contributed by atoms with van der Waals surface area (Å²) in [5.74, 6) is 0.253. The van der Waals surface area contributed by atoms with Gasteiger partial charge in [-0.1, -0.05) is 74.0 Å². The van der Waals surface area contributed by atoms with Crippen LogP contribution in [0.2, 0.25) is 0 Å². The standard InChI is InChI=1S/C34H44N2O2/c1-3-28(17-16-27(2)35-22-10-23-36(25-24-35)31-13-7-8-14-31)34(30-18-20-32(38)21-19-30)33(15-9-26-37)29-11-5-4-6-12-29/h3-6,11-12,16-21,31,37-38H,2,7-10,13-15,22-26H2,1H3/b17-16-,28-3+,34-33+. The quantitative estimate of drug-likeness (QED) is 0.265. The van der Waals surface area contributed by atoms with Crippen LogP contribution >= 0.6 is 0 Å². The Labute approximate surface area is 229 Å². The Morgan fingerprint density at radius 3 is 2.32 bits per heavy atom. The van der Waals surface area contributed by atoms with Crippen molar-refractivity contribution >= 4 is 11.1 Å². The van der Waals surface area contributed by atoms with Crippen molar-refractivity contribution < 1.29 is 10.2 Å². The van der Waals surface area contributed by atoms with Crippen LogP contribution in [0.15, 0.2) is 90.7 Å². The number of phenols is 1. The Morgan fingerprint density at radius 2 is 1.63 bits per heavy atom. The van der Waals surface area contributed by atoms with Gasteiger partial charge in [0.1, 0.15) is 5.75 Å². The Morgan fingerprint density at radius 1 is 0.895 bits per heavy atom. The van der Waals surface area contributed by atoms with Crippen molar-refractivity contribution in [1.82, 2.24) is 9.80 Å². The van der Waals surface area contributed by atoms with Crippen LogP contribution in [0.25, 0.3) is 11.1 Å². The highest BCUT2D eigenvalue weighted by Gasteiger charge is 2.24. The summed E-state index contributed by atoms with van der Waals surface area (Å²) in [6.45, 7) is 11.1.